The van der Waals surface area contributed by atoms with Crippen molar-refractivity contribution in [3.05, 3.63) is 54.1 Å². The van der Waals surface area contributed by atoms with Crippen LogP contribution < -0.4 is 15.8 Å². The van der Waals surface area contributed by atoms with Crippen molar-refractivity contribution in [1.82, 2.24) is 5.32 Å². The number of carbonyl (C=O) groups excluding carboxylic acids is 1. The number of benzene rings is 2. The van der Waals surface area contributed by atoms with Crippen LogP contribution in [0.4, 0.5) is 0 Å². The van der Waals surface area contributed by atoms with Crippen LogP contribution in [0, 0.1) is 0 Å². The molecule has 1 unspecified atom stereocenters. The van der Waals surface area contributed by atoms with Crippen molar-refractivity contribution in [1.29, 1.82) is 0 Å². The third kappa shape index (κ3) is 4.07. The van der Waals surface area contributed by atoms with Gasteiger partial charge in [0.2, 0.25) is 5.91 Å². The summed E-state index contributed by atoms with van der Waals surface area (Å²) in [6.07, 6.45) is 0. The molecule has 0 aliphatic rings. The average Bonchev–Trinajstić information content (AvgIpc) is 2.53. The van der Waals surface area contributed by atoms with E-state index in [4.69, 9.17) is 10.5 Å². The lowest BCUT2D eigenvalue weighted by molar-refractivity contribution is -0.119. The smallest absolute Gasteiger partial charge is 0.234 e. The highest BCUT2D eigenvalue weighted by Gasteiger charge is 2.07. The van der Waals surface area contributed by atoms with Gasteiger partial charge in [-0.1, -0.05) is 36.4 Å². The molecule has 0 saturated heterocycles. The summed E-state index contributed by atoms with van der Waals surface area (Å²) in [5, 5.41) is 3.08. The molecule has 4 nitrogen and oxygen atoms in total. The van der Waals surface area contributed by atoms with Crippen molar-refractivity contribution in [2.45, 2.75) is 19.5 Å². The standard InChI is InChI=1S/C17H20N2O2/c1-12(17(18)20)19-11-13-6-8-14(9-7-13)15-4-3-5-16(10-15)21-2/h3-10,12,19H,11H2,1-2H3,(H2,18,20). The van der Waals surface area contributed by atoms with E-state index in [1.165, 1.54) is 0 Å². The van der Waals surface area contributed by atoms with Gasteiger partial charge < -0.3 is 15.8 Å². The number of hydrogen-bond acceptors (Lipinski definition) is 3. The van der Waals surface area contributed by atoms with E-state index in [-0.39, 0.29) is 11.9 Å². The van der Waals surface area contributed by atoms with Crippen LogP contribution in [0.5, 0.6) is 5.75 Å². The molecule has 0 heterocycles. The Morgan fingerprint density at radius 1 is 1.19 bits per heavy atom. The summed E-state index contributed by atoms with van der Waals surface area (Å²) in [6, 6.07) is 15.8. The summed E-state index contributed by atoms with van der Waals surface area (Å²) in [6.45, 7) is 2.37. The molecule has 1 amide bonds. The molecule has 2 rings (SSSR count). The third-order valence-electron chi connectivity index (χ3n) is 3.40. The van der Waals surface area contributed by atoms with Gasteiger partial charge in [0.25, 0.3) is 0 Å². The third-order valence-corrected chi connectivity index (χ3v) is 3.40. The first-order chi connectivity index (χ1) is 10.1. The number of carbonyl (C=O) groups is 1. The normalized spacial score (nSPS) is 11.9. The van der Waals surface area contributed by atoms with Crippen molar-refractivity contribution in [3.63, 3.8) is 0 Å². The van der Waals surface area contributed by atoms with Crippen LogP contribution in [0.3, 0.4) is 0 Å². The average molecular weight is 284 g/mol. The number of hydrogen-bond donors (Lipinski definition) is 2. The second-order valence-corrected chi connectivity index (χ2v) is 4.93. The molecule has 0 aliphatic carbocycles. The molecular weight excluding hydrogens is 264 g/mol. The largest absolute Gasteiger partial charge is 0.497 e. The molecule has 1 atom stereocenters. The van der Waals surface area contributed by atoms with E-state index in [1.54, 1.807) is 14.0 Å². The summed E-state index contributed by atoms with van der Waals surface area (Å²) in [7, 11) is 1.66. The molecule has 0 spiro atoms. The maximum absolute atomic E-state index is 11.0. The van der Waals surface area contributed by atoms with Crippen molar-refractivity contribution in [2.24, 2.45) is 5.73 Å². The minimum Gasteiger partial charge on any atom is -0.497 e. The van der Waals surface area contributed by atoms with Crippen LogP contribution in [0.1, 0.15) is 12.5 Å². The zero-order valence-electron chi connectivity index (χ0n) is 12.3. The first kappa shape index (κ1) is 15.1. The number of nitrogens with one attached hydrogen (secondary N) is 1. The first-order valence-corrected chi connectivity index (χ1v) is 6.86. The molecule has 0 aliphatic heterocycles. The highest BCUT2D eigenvalue weighted by atomic mass is 16.5. The Morgan fingerprint density at radius 2 is 1.90 bits per heavy atom. The summed E-state index contributed by atoms with van der Waals surface area (Å²) in [5.41, 5.74) is 8.56. The molecular formula is C17H20N2O2. The summed E-state index contributed by atoms with van der Waals surface area (Å²) < 4.78 is 5.23. The van der Waals surface area contributed by atoms with Gasteiger partial charge in [0, 0.05) is 6.54 Å². The van der Waals surface area contributed by atoms with Gasteiger partial charge in [-0.2, -0.15) is 0 Å². The van der Waals surface area contributed by atoms with Crippen LogP contribution in [-0.4, -0.2) is 19.1 Å². The summed E-state index contributed by atoms with van der Waals surface area (Å²) in [5.74, 6) is 0.497. The minimum atomic E-state index is -0.344. The van der Waals surface area contributed by atoms with Crippen molar-refractivity contribution in [2.75, 3.05) is 7.11 Å². The highest BCUT2D eigenvalue weighted by molar-refractivity contribution is 5.79. The van der Waals surface area contributed by atoms with Gasteiger partial charge in [0.05, 0.1) is 13.2 Å². The number of nitrogens with two attached hydrogens (primary N) is 1. The fourth-order valence-corrected chi connectivity index (χ4v) is 1.99. The maximum atomic E-state index is 11.0. The van der Waals surface area contributed by atoms with Gasteiger partial charge in [0.15, 0.2) is 0 Å². The Kier molecular flexibility index (Phi) is 4.95. The first-order valence-electron chi connectivity index (χ1n) is 6.86. The lowest BCUT2D eigenvalue weighted by Crippen LogP contribution is -2.38. The predicted octanol–water partition coefficient (Wildman–Crippen LogP) is 2.33. The van der Waals surface area contributed by atoms with Gasteiger partial charge in [-0.05, 0) is 35.7 Å². The van der Waals surface area contributed by atoms with Crippen LogP contribution in [0.25, 0.3) is 11.1 Å². The molecule has 21 heavy (non-hydrogen) atoms. The zero-order valence-corrected chi connectivity index (χ0v) is 12.3. The predicted molar refractivity (Wildman–Crippen MR) is 83.9 cm³/mol. The van der Waals surface area contributed by atoms with E-state index in [2.05, 4.69) is 17.4 Å². The number of amides is 1. The van der Waals surface area contributed by atoms with Crippen molar-refractivity contribution < 1.29 is 9.53 Å². The van der Waals surface area contributed by atoms with Crippen LogP contribution in [0.15, 0.2) is 48.5 Å². The molecule has 0 aromatic heterocycles. The second-order valence-electron chi connectivity index (χ2n) is 4.93. The zero-order chi connectivity index (χ0) is 15.2. The Morgan fingerprint density at radius 3 is 2.52 bits per heavy atom. The maximum Gasteiger partial charge on any atom is 0.234 e. The molecule has 110 valence electrons. The van der Waals surface area contributed by atoms with E-state index in [1.807, 2.05) is 36.4 Å². The fraction of sp³-hybridized carbons (Fsp3) is 0.235. The minimum absolute atomic E-state index is 0.330. The molecule has 0 bridgehead atoms. The van der Waals surface area contributed by atoms with E-state index < -0.39 is 0 Å². The van der Waals surface area contributed by atoms with Gasteiger partial charge in [0.1, 0.15) is 5.75 Å². The lowest BCUT2D eigenvalue weighted by atomic mass is 10.0. The quantitative estimate of drug-likeness (QED) is 0.855. The lowest BCUT2D eigenvalue weighted by Gasteiger charge is -2.10. The molecule has 2 aromatic carbocycles. The molecule has 3 N–H and O–H groups in total. The van der Waals surface area contributed by atoms with E-state index >= 15 is 0 Å². The van der Waals surface area contributed by atoms with Crippen molar-refractivity contribution in [3.8, 4) is 16.9 Å². The van der Waals surface area contributed by atoms with E-state index in [0.29, 0.717) is 6.54 Å². The Hall–Kier alpha value is -2.33. The van der Waals surface area contributed by atoms with Gasteiger partial charge >= 0.3 is 0 Å². The Labute approximate surface area is 124 Å². The number of ether oxygens (including phenoxy) is 1. The number of primary amides is 1. The Balaban J connectivity index is 2.06. The van der Waals surface area contributed by atoms with Gasteiger partial charge in [-0.3, -0.25) is 4.79 Å². The Bertz CT molecular complexity index is 608. The fourth-order valence-electron chi connectivity index (χ4n) is 1.99. The monoisotopic (exact) mass is 284 g/mol. The van der Waals surface area contributed by atoms with Gasteiger partial charge in [-0.15, -0.1) is 0 Å². The summed E-state index contributed by atoms with van der Waals surface area (Å²) >= 11 is 0. The van der Waals surface area contributed by atoms with Crippen molar-refractivity contribution >= 4 is 5.91 Å². The highest BCUT2D eigenvalue weighted by Crippen LogP contribution is 2.24. The van der Waals surface area contributed by atoms with Gasteiger partial charge in [-0.25, -0.2) is 0 Å². The van der Waals surface area contributed by atoms with Crippen LogP contribution in [-0.2, 0) is 11.3 Å². The molecule has 2 aromatic rings. The molecule has 0 saturated carbocycles. The molecule has 4 heteroatoms. The molecule has 0 radical (unpaired) electrons. The topological polar surface area (TPSA) is 64.3 Å². The SMILES string of the molecule is COc1cccc(-c2ccc(CNC(C)C(N)=O)cc2)c1. The number of methoxy groups -OCH3 is 1. The van der Waals surface area contributed by atoms with Crippen LogP contribution in [0.2, 0.25) is 0 Å². The number of rotatable bonds is 6. The second kappa shape index (κ2) is 6.90. The summed E-state index contributed by atoms with van der Waals surface area (Å²) in [4.78, 5) is 11.0. The van der Waals surface area contributed by atoms with Crippen LogP contribution >= 0.6 is 0 Å². The van der Waals surface area contributed by atoms with E-state index in [9.17, 15) is 4.79 Å². The van der Waals surface area contributed by atoms with E-state index in [0.717, 1.165) is 22.4 Å². The molecule has 0 fully saturated rings.